The quantitative estimate of drug-likeness (QED) is 0.820. The molecule has 0 radical (unpaired) electrons. The first-order valence-corrected chi connectivity index (χ1v) is 6.46. The summed E-state index contributed by atoms with van der Waals surface area (Å²) < 4.78 is 18.1. The van der Waals surface area contributed by atoms with Gasteiger partial charge in [-0.3, -0.25) is 4.79 Å². The van der Waals surface area contributed by atoms with Gasteiger partial charge in [0.05, 0.1) is 13.5 Å². The number of rotatable bonds is 2. The monoisotopic (exact) mass is 280 g/mol. The van der Waals surface area contributed by atoms with Gasteiger partial charge in [0.1, 0.15) is 5.82 Å². The molecule has 1 heterocycles. The maximum Gasteiger partial charge on any atom is 0.409 e. The first-order valence-electron chi connectivity index (χ1n) is 6.46. The number of carbonyl (C=O) groups is 2. The number of nitrogens with zero attached hydrogens (tertiary/aromatic N) is 2. The molecule has 0 aromatic heterocycles. The van der Waals surface area contributed by atoms with E-state index in [9.17, 15) is 14.0 Å². The predicted molar refractivity (Wildman–Crippen MR) is 70.7 cm³/mol. The van der Waals surface area contributed by atoms with Gasteiger partial charge >= 0.3 is 6.09 Å². The largest absolute Gasteiger partial charge is 0.453 e. The maximum atomic E-state index is 13.5. The molecule has 1 aliphatic heterocycles. The number of hydrogen-bond acceptors (Lipinski definition) is 3. The summed E-state index contributed by atoms with van der Waals surface area (Å²) in [7, 11) is 1.33. The average Bonchev–Trinajstić information content (AvgIpc) is 2.49. The standard InChI is InChI=1S/C14H17FN2O3/c1-20-14(19)17-8-6-16(7-9-17)13(18)10-11-4-2-3-5-12(11)15/h2-5H,6-10H2,1H3. The molecule has 0 spiro atoms. The third kappa shape index (κ3) is 3.26. The van der Waals surface area contributed by atoms with Crippen LogP contribution >= 0.6 is 0 Å². The molecule has 0 saturated carbocycles. The lowest BCUT2D eigenvalue weighted by molar-refractivity contribution is -0.132. The van der Waals surface area contributed by atoms with Crippen molar-refractivity contribution in [3.8, 4) is 0 Å². The molecule has 2 rings (SSSR count). The molecule has 1 saturated heterocycles. The van der Waals surface area contributed by atoms with Crippen LogP contribution in [0.2, 0.25) is 0 Å². The summed E-state index contributed by atoms with van der Waals surface area (Å²) in [6.45, 7) is 1.77. The Balaban J connectivity index is 1.89. The molecule has 1 fully saturated rings. The zero-order valence-electron chi connectivity index (χ0n) is 11.3. The molecule has 5 nitrogen and oxygen atoms in total. The van der Waals surface area contributed by atoms with Gasteiger partial charge in [0.2, 0.25) is 5.91 Å². The zero-order chi connectivity index (χ0) is 14.5. The molecular weight excluding hydrogens is 263 g/mol. The van der Waals surface area contributed by atoms with E-state index in [4.69, 9.17) is 0 Å². The van der Waals surface area contributed by atoms with Crippen LogP contribution in [0, 0.1) is 5.82 Å². The Bertz CT molecular complexity index is 499. The van der Waals surface area contributed by atoms with Crippen molar-refractivity contribution < 1.29 is 18.7 Å². The Hall–Kier alpha value is -2.11. The Morgan fingerprint density at radius 2 is 1.75 bits per heavy atom. The van der Waals surface area contributed by atoms with Gasteiger partial charge in [-0.05, 0) is 11.6 Å². The number of benzene rings is 1. The molecule has 1 aromatic rings. The Labute approximate surface area is 116 Å². The van der Waals surface area contributed by atoms with E-state index in [1.807, 2.05) is 0 Å². The summed E-state index contributed by atoms with van der Waals surface area (Å²) in [5.41, 5.74) is 0.396. The maximum absolute atomic E-state index is 13.5. The summed E-state index contributed by atoms with van der Waals surface area (Å²) in [6, 6.07) is 6.26. The molecule has 2 amide bonds. The van der Waals surface area contributed by atoms with Crippen molar-refractivity contribution in [2.45, 2.75) is 6.42 Å². The highest BCUT2D eigenvalue weighted by molar-refractivity contribution is 5.79. The fourth-order valence-electron chi connectivity index (χ4n) is 2.18. The molecule has 0 atom stereocenters. The number of halogens is 1. The molecule has 6 heteroatoms. The van der Waals surface area contributed by atoms with Crippen molar-refractivity contribution >= 4 is 12.0 Å². The summed E-state index contributed by atoms with van der Waals surface area (Å²) in [6.07, 6.45) is -0.337. The van der Waals surface area contributed by atoms with Gasteiger partial charge in [-0.15, -0.1) is 0 Å². The first kappa shape index (κ1) is 14.3. The number of piperazine rings is 1. The van der Waals surface area contributed by atoms with E-state index in [1.54, 1.807) is 28.0 Å². The summed E-state index contributed by atoms with van der Waals surface area (Å²) in [5, 5.41) is 0. The number of methoxy groups -OCH3 is 1. The van der Waals surface area contributed by atoms with E-state index in [0.29, 0.717) is 31.7 Å². The van der Waals surface area contributed by atoms with Gasteiger partial charge in [-0.1, -0.05) is 18.2 Å². The van der Waals surface area contributed by atoms with Crippen molar-refractivity contribution in [2.24, 2.45) is 0 Å². The van der Waals surface area contributed by atoms with Crippen molar-refractivity contribution in [1.29, 1.82) is 0 Å². The molecule has 1 aliphatic rings. The highest BCUT2D eigenvalue weighted by Gasteiger charge is 2.24. The van der Waals surface area contributed by atoms with Gasteiger partial charge < -0.3 is 14.5 Å². The zero-order valence-corrected chi connectivity index (χ0v) is 11.3. The number of hydrogen-bond donors (Lipinski definition) is 0. The summed E-state index contributed by atoms with van der Waals surface area (Å²) in [4.78, 5) is 26.6. The predicted octanol–water partition coefficient (Wildman–Crippen LogP) is 1.28. The van der Waals surface area contributed by atoms with Crippen LogP contribution in [-0.4, -0.2) is 55.1 Å². The van der Waals surface area contributed by atoms with Crippen molar-refractivity contribution in [3.63, 3.8) is 0 Å². The highest BCUT2D eigenvalue weighted by atomic mass is 19.1. The molecule has 0 aliphatic carbocycles. The third-order valence-corrected chi connectivity index (χ3v) is 3.36. The number of ether oxygens (including phenoxy) is 1. The van der Waals surface area contributed by atoms with Gasteiger partial charge in [0, 0.05) is 26.2 Å². The summed E-state index contributed by atoms with van der Waals surface area (Å²) in [5.74, 6) is -0.492. The normalized spacial score (nSPS) is 15.1. The van der Waals surface area contributed by atoms with Crippen LogP contribution in [0.25, 0.3) is 0 Å². The van der Waals surface area contributed by atoms with E-state index < -0.39 is 0 Å². The number of amides is 2. The van der Waals surface area contributed by atoms with Crippen LogP contribution in [0.4, 0.5) is 9.18 Å². The first-order chi connectivity index (χ1) is 9.61. The Morgan fingerprint density at radius 1 is 1.15 bits per heavy atom. The van der Waals surface area contributed by atoms with Crippen LogP contribution in [0.1, 0.15) is 5.56 Å². The molecule has 0 bridgehead atoms. The molecule has 0 N–H and O–H groups in total. The lowest BCUT2D eigenvalue weighted by Gasteiger charge is -2.33. The molecule has 108 valence electrons. The van der Waals surface area contributed by atoms with Gasteiger partial charge in [-0.2, -0.15) is 0 Å². The fraction of sp³-hybridized carbons (Fsp3) is 0.429. The van der Waals surface area contributed by atoms with Crippen LogP contribution in [0.15, 0.2) is 24.3 Å². The van der Waals surface area contributed by atoms with Crippen LogP contribution in [0.3, 0.4) is 0 Å². The second kappa shape index (κ2) is 6.36. The van der Waals surface area contributed by atoms with Crippen LogP contribution in [0.5, 0.6) is 0 Å². The highest BCUT2D eigenvalue weighted by Crippen LogP contribution is 2.10. The minimum absolute atomic E-state index is 0.0465. The second-order valence-electron chi connectivity index (χ2n) is 4.61. The third-order valence-electron chi connectivity index (χ3n) is 3.36. The van der Waals surface area contributed by atoms with Gasteiger partial charge in [0.25, 0.3) is 0 Å². The molecule has 20 heavy (non-hydrogen) atoms. The number of carbonyl (C=O) groups excluding carboxylic acids is 2. The van der Waals surface area contributed by atoms with E-state index in [2.05, 4.69) is 4.74 Å². The summed E-state index contributed by atoms with van der Waals surface area (Å²) >= 11 is 0. The molecule has 0 unspecified atom stereocenters. The molecular formula is C14H17FN2O3. The Kier molecular flexibility index (Phi) is 4.55. The minimum atomic E-state index is -0.383. The van der Waals surface area contributed by atoms with Crippen molar-refractivity contribution in [1.82, 2.24) is 9.80 Å². The molecule has 1 aromatic carbocycles. The lowest BCUT2D eigenvalue weighted by Crippen LogP contribution is -2.51. The van der Waals surface area contributed by atoms with E-state index in [-0.39, 0.29) is 24.2 Å². The fourth-order valence-corrected chi connectivity index (χ4v) is 2.18. The smallest absolute Gasteiger partial charge is 0.409 e. The van der Waals surface area contributed by atoms with Crippen molar-refractivity contribution in [3.05, 3.63) is 35.6 Å². The van der Waals surface area contributed by atoms with Crippen LogP contribution in [-0.2, 0) is 16.0 Å². The minimum Gasteiger partial charge on any atom is -0.453 e. The topological polar surface area (TPSA) is 49.9 Å². The van der Waals surface area contributed by atoms with Gasteiger partial charge in [0.15, 0.2) is 0 Å². The van der Waals surface area contributed by atoms with Crippen LogP contribution < -0.4 is 0 Å². The average molecular weight is 280 g/mol. The lowest BCUT2D eigenvalue weighted by atomic mass is 10.1. The second-order valence-corrected chi connectivity index (χ2v) is 4.61. The van der Waals surface area contributed by atoms with E-state index in [0.717, 1.165) is 0 Å². The SMILES string of the molecule is COC(=O)N1CCN(C(=O)Cc2ccccc2F)CC1. The van der Waals surface area contributed by atoms with E-state index in [1.165, 1.54) is 13.2 Å². The Morgan fingerprint density at radius 3 is 2.35 bits per heavy atom. The van der Waals surface area contributed by atoms with Crippen molar-refractivity contribution in [2.75, 3.05) is 33.3 Å². The van der Waals surface area contributed by atoms with Gasteiger partial charge in [-0.25, -0.2) is 9.18 Å². The van der Waals surface area contributed by atoms with E-state index >= 15 is 0 Å².